The topological polar surface area (TPSA) is 93.6 Å². The second-order valence-corrected chi connectivity index (χ2v) is 6.59. The van der Waals surface area contributed by atoms with Crippen molar-refractivity contribution in [2.24, 2.45) is 5.92 Å². The normalized spacial score (nSPS) is 10.7. The number of aromatic nitrogens is 2. The minimum absolute atomic E-state index is 0.259. The number of urea groups is 1. The van der Waals surface area contributed by atoms with Gasteiger partial charge >= 0.3 is 6.03 Å². The molecule has 26 heavy (non-hydrogen) atoms. The highest BCUT2D eigenvalue weighted by Gasteiger charge is 2.10. The number of carbonyl (C=O) groups excluding carboxylic acids is 1. The number of fused-ring (bicyclic) bond motifs is 1. The van der Waals surface area contributed by atoms with E-state index in [2.05, 4.69) is 40.7 Å². The van der Waals surface area contributed by atoms with Gasteiger partial charge in [-0.25, -0.2) is 4.79 Å². The fourth-order valence-electron chi connectivity index (χ4n) is 2.69. The number of anilines is 1. The van der Waals surface area contributed by atoms with E-state index in [0.717, 1.165) is 28.5 Å². The maximum absolute atomic E-state index is 12.0. The lowest BCUT2D eigenvalue weighted by atomic mass is 10.0. The molecule has 0 bridgehead atoms. The number of amides is 2. The first-order valence-electron chi connectivity index (χ1n) is 8.60. The van der Waals surface area contributed by atoms with Gasteiger partial charge in [-0.05, 0) is 47.7 Å². The van der Waals surface area contributed by atoms with Crippen molar-refractivity contribution in [3.8, 4) is 17.2 Å². The summed E-state index contributed by atoms with van der Waals surface area (Å²) in [5, 5.41) is 22.6. The Morgan fingerprint density at radius 1 is 1.23 bits per heavy atom. The minimum atomic E-state index is -0.259. The molecule has 0 aliphatic carbocycles. The van der Waals surface area contributed by atoms with E-state index in [4.69, 9.17) is 5.26 Å². The van der Waals surface area contributed by atoms with E-state index in [-0.39, 0.29) is 6.03 Å². The van der Waals surface area contributed by atoms with Crippen molar-refractivity contribution in [3.05, 3.63) is 48.0 Å². The molecule has 3 N–H and O–H groups in total. The second kappa shape index (κ2) is 7.70. The summed E-state index contributed by atoms with van der Waals surface area (Å²) < 4.78 is 0. The number of nitrogens with one attached hydrogen (secondary N) is 3. The summed E-state index contributed by atoms with van der Waals surface area (Å²) in [6.07, 6.45) is 0.930. The zero-order valence-electron chi connectivity index (χ0n) is 14.8. The third kappa shape index (κ3) is 4.01. The van der Waals surface area contributed by atoms with E-state index in [1.54, 1.807) is 6.07 Å². The van der Waals surface area contributed by atoms with Gasteiger partial charge in [-0.15, -0.1) is 0 Å². The number of H-pyrrole nitrogens is 1. The molecular formula is C20H21N5O. The van der Waals surface area contributed by atoms with Crippen molar-refractivity contribution < 1.29 is 4.79 Å². The highest BCUT2D eigenvalue weighted by Crippen LogP contribution is 2.27. The lowest BCUT2D eigenvalue weighted by Crippen LogP contribution is -2.30. The SMILES string of the molecule is CC(C)CCNC(=O)Nc1n[nH]c2cc(-c3cccc(C#N)c3)ccc12. The first kappa shape index (κ1) is 17.5. The summed E-state index contributed by atoms with van der Waals surface area (Å²) in [6.45, 7) is 4.86. The maximum Gasteiger partial charge on any atom is 0.320 e. The summed E-state index contributed by atoms with van der Waals surface area (Å²) >= 11 is 0. The third-order valence-corrected chi connectivity index (χ3v) is 4.13. The van der Waals surface area contributed by atoms with Crippen LogP contribution in [0.1, 0.15) is 25.8 Å². The zero-order chi connectivity index (χ0) is 18.5. The van der Waals surface area contributed by atoms with Crippen molar-refractivity contribution >= 4 is 22.8 Å². The number of hydrogen-bond acceptors (Lipinski definition) is 3. The molecule has 3 rings (SSSR count). The molecule has 0 unspecified atom stereocenters. The average Bonchev–Trinajstić information content (AvgIpc) is 3.03. The molecule has 0 saturated carbocycles. The van der Waals surface area contributed by atoms with Gasteiger partial charge in [-0.2, -0.15) is 10.4 Å². The molecule has 0 atom stereocenters. The largest absolute Gasteiger partial charge is 0.338 e. The van der Waals surface area contributed by atoms with Crippen LogP contribution >= 0.6 is 0 Å². The standard InChI is InChI=1S/C20H21N5O/c1-13(2)8-9-22-20(26)23-19-17-7-6-16(11-18(17)24-25-19)15-5-3-4-14(10-15)12-21/h3-7,10-11,13H,8-9H2,1-2H3,(H3,22,23,24,25,26). The molecule has 0 radical (unpaired) electrons. The number of hydrogen-bond donors (Lipinski definition) is 3. The van der Waals surface area contributed by atoms with Gasteiger partial charge in [0.2, 0.25) is 0 Å². The molecule has 0 aliphatic heterocycles. The fraction of sp³-hybridized carbons (Fsp3) is 0.250. The van der Waals surface area contributed by atoms with E-state index in [1.807, 2.05) is 36.4 Å². The summed E-state index contributed by atoms with van der Waals surface area (Å²) in [4.78, 5) is 12.0. The lowest BCUT2D eigenvalue weighted by molar-refractivity contribution is 0.251. The Kier molecular flexibility index (Phi) is 5.18. The Bertz CT molecular complexity index is 968. The molecule has 1 heterocycles. The Morgan fingerprint density at radius 2 is 2.04 bits per heavy atom. The Balaban J connectivity index is 1.77. The highest BCUT2D eigenvalue weighted by molar-refractivity contribution is 6.00. The predicted molar refractivity (Wildman–Crippen MR) is 103 cm³/mol. The van der Waals surface area contributed by atoms with Crippen LogP contribution in [-0.4, -0.2) is 22.8 Å². The van der Waals surface area contributed by atoms with Crippen molar-refractivity contribution in [2.45, 2.75) is 20.3 Å². The van der Waals surface area contributed by atoms with Gasteiger partial charge in [-0.3, -0.25) is 10.4 Å². The smallest absolute Gasteiger partial charge is 0.320 e. The van der Waals surface area contributed by atoms with Gasteiger partial charge in [0.1, 0.15) is 0 Å². The van der Waals surface area contributed by atoms with Gasteiger partial charge in [0.05, 0.1) is 17.1 Å². The molecule has 6 nitrogen and oxygen atoms in total. The molecular weight excluding hydrogens is 326 g/mol. The molecule has 132 valence electrons. The van der Waals surface area contributed by atoms with Crippen LogP contribution in [0.25, 0.3) is 22.0 Å². The first-order chi connectivity index (χ1) is 12.6. The maximum atomic E-state index is 12.0. The second-order valence-electron chi connectivity index (χ2n) is 6.59. The summed E-state index contributed by atoms with van der Waals surface area (Å²) in [5.41, 5.74) is 3.38. The van der Waals surface area contributed by atoms with Crippen LogP contribution in [0.4, 0.5) is 10.6 Å². The van der Waals surface area contributed by atoms with Crippen molar-refractivity contribution in [2.75, 3.05) is 11.9 Å². The Hall–Kier alpha value is -3.33. The molecule has 3 aromatic rings. The number of rotatable bonds is 5. The molecule has 2 amide bonds. The number of carbonyl (C=O) groups is 1. The highest BCUT2D eigenvalue weighted by atomic mass is 16.2. The molecule has 0 spiro atoms. The molecule has 6 heteroatoms. The number of nitrogens with zero attached hydrogens (tertiary/aromatic N) is 2. The van der Waals surface area contributed by atoms with Gasteiger partial charge in [0.15, 0.2) is 5.82 Å². The van der Waals surface area contributed by atoms with Crippen LogP contribution in [0.3, 0.4) is 0 Å². The van der Waals surface area contributed by atoms with Gasteiger partial charge < -0.3 is 5.32 Å². The zero-order valence-corrected chi connectivity index (χ0v) is 14.8. The van der Waals surface area contributed by atoms with Crippen molar-refractivity contribution in [3.63, 3.8) is 0 Å². The lowest BCUT2D eigenvalue weighted by Gasteiger charge is -2.07. The molecule has 0 fully saturated rings. The van der Waals surface area contributed by atoms with Crippen LogP contribution in [-0.2, 0) is 0 Å². The first-order valence-corrected chi connectivity index (χ1v) is 8.60. The minimum Gasteiger partial charge on any atom is -0.338 e. The van der Waals surface area contributed by atoms with E-state index < -0.39 is 0 Å². The third-order valence-electron chi connectivity index (χ3n) is 4.13. The van der Waals surface area contributed by atoms with E-state index in [0.29, 0.717) is 23.8 Å². The summed E-state index contributed by atoms with van der Waals surface area (Å²) in [5.74, 6) is 1.04. The number of nitriles is 1. The van der Waals surface area contributed by atoms with E-state index in [9.17, 15) is 4.79 Å². The molecule has 0 aliphatic rings. The van der Waals surface area contributed by atoms with Gasteiger partial charge in [-0.1, -0.05) is 32.0 Å². The van der Waals surface area contributed by atoms with Gasteiger partial charge in [0, 0.05) is 11.9 Å². The van der Waals surface area contributed by atoms with Gasteiger partial charge in [0.25, 0.3) is 0 Å². The van der Waals surface area contributed by atoms with Crippen LogP contribution in [0.15, 0.2) is 42.5 Å². The van der Waals surface area contributed by atoms with Crippen molar-refractivity contribution in [1.82, 2.24) is 15.5 Å². The summed E-state index contributed by atoms with van der Waals surface area (Å²) in [6, 6.07) is 15.2. The van der Waals surface area contributed by atoms with Crippen LogP contribution in [0, 0.1) is 17.2 Å². The summed E-state index contributed by atoms with van der Waals surface area (Å²) in [7, 11) is 0. The van der Waals surface area contributed by atoms with Crippen LogP contribution in [0.5, 0.6) is 0 Å². The number of aromatic amines is 1. The quantitative estimate of drug-likeness (QED) is 0.643. The molecule has 2 aromatic carbocycles. The van der Waals surface area contributed by atoms with E-state index in [1.165, 1.54) is 0 Å². The Morgan fingerprint density at radius 3 is 2.81 bits per heavy atom. The molecule has 1 aromatic heterocycles. The van der Waals surface area contributed by atoms with Crippen molar-refractivity contribution in [1.29, 1.82) is 5.26 Å². The van der Waals surface area contributed by atoms with Crippen LogP contribution < -0.4 is 10.6 Å². The fourth-order valence-corrected chi connectivity index (χ4v) is 2.69. The van der Waals surface area contributed by atoms with E-state index >= 15 is 0 Å². The molecule has 0 saturated heterocycles. The Labute approximate surface area is 152 Å². The monoisotopic (exact) mass is 347 g/mol. The van der Waals surface area contributed by atoms with Crippen LogP contribution in [0.2, 0.25) is 0 Å². The average molecular weight is 347 g/mol. The predicted octanol–water partition coefficient (Wildman–Crippen LogP) is 4.27. The number of benzene rings is 2.